The van der Waals surface area contributed by atoms with E-state index < -0.39 is 0 Å². The van der Waals surface area contributed by atoms with E-state index in [2.05, 4.69) is 24.4 Å². The van der Waals surface area contributed by atoms with E-state index in [4.69, 9.17) is 9.47 Å². The van der Waals surface area contributed by atoms with Crippen LogP contribution in [0.1, 0.15) is 37.8 Å². The first kappa shape index (κ1) is 12.9. The van der Waals surface area contributed by atoms with Crippen LogP contribution in [-0.4, -0.2) is 25.9 Å². The van der Waals surface area contributed by atoms with Crippen molar-refractivity contribution in [1.29, 1.82) is 0 Å². The number of nitrogens with one attached hydrogen (secondary N) is 1. The second-order valence-electron chi connectivity index (χ2n) is 5.73. The molecule has 19 heavy (non-hydrogen) atoms. The summed E-state index contributed by atoms with van der Waals surface area (Å²) in [4.78, 5) is 0. The van der Waals surface area contributed by atoms with Gasteiger partial charge in [0.2, 0.25) is 0 Å². The highest BCUT2D eigenvalue weighted by atomic mass is 16.5. The summed E-state index contributed by atoms with van der Waals surface area (Å²) in [6.07, 6.45) is 4.28. The Kier molecular flexibility index (Phi) is 3.76. The molecule has 0 amide bonds. The Hall–Kier alpha value is -1.06. The summed E-state index contributed by atoms with van der Waals surface area (Å²) in [7, 11) is 1.70. The van der Waals surface area contributed by atoms with E-state index in [0.29, 0.717) is 18.2 Å². The fraction of sp³-hybridized carbons (Fsp3) is 0.625. The van der Waals surface area contributed by atoms with Crippen molar-refractivity contribution in [3.8, 4) is 5.75 Å². The summed E-state index contributed by atoms with van der Waals surface area (Å²) in [6.45, 7) is 3.14. The topological polar surface area (TPSA) is 30.5 Å². The van der Waals surface area contributed by atoms with Crippen LogP contribution in [0.2, 0.25) is 0 Å². The smallest absolute Gasteiger partial charge is 0.118 e. The van der Waals surface area contributed by atoms with Gasteiger partial charge in [0.25, 0.3) is 0 Å². The SMILES string of the molecule is COc1ccc(C(C)NC2CCOC2C2CC2)cc1. The number of benzene rings is 1. The predicted octanol–water partition coefficient (Wildman–Crippen LogP) is 2.91. The Balaban J connectivity index is 1.61. The van der Waals surface area contributed by atoms with Gasteiger partial charge in [0.05, 0.1) is 13.2 Å². The third kappa shape index (κ3) is 2.93. The number of hydrogen-bond acceptors (Lipinski definition) is 3. The van der Waals surface area contributed by atoms with Crippen molar-refractivity contribution in [2.45, 2.75) is 44.4 Å². The fourth-order valence-electron chi connectivity index (χ4n) is 2.99. The lowest BCUT2D eigenvalue weighted by Gasteiger charge is -2.24. The van der Waals surface area contributed by atoms with E-state index >= 15 is 0 Å². The second-order valence-corrected chi connectivity index (χ2v) is 5.73. The van der Waals surface area contributed by atoms with Crippen LogP contribution < -0.4 is 10.1 Å². The van der Waals surface area contributed by atoms with Gasteiger partial charge in [-0.2, -0.15) is 0 Å². The first-order valence-corrected chi connectivity index (χ1v) is 7.29. The molecule has 104 valence electrons. The van der Waals surface area contributed by atoms with Gasteiger partial charge in [-0.1, -0.05) is 12.1 Å². The number of rotatable bonds is 5. The number of ether oxygens (including phenoxy) is 2. The zero-order chi connectivity index (χ0) is 13.2. The summed E-state index contributed by atoms with van der Waals surface area (Å²) in [6, 6.07) is 9.20. The molecular formula is C16H23NO2. The van der Waals surface area contributed by atoms with Crippen molar-refractivity contribution in [1.82, 2.24) is 5.32 Å². The van der Waals surface area contributed by atoms with Gasteiger partial charge in [-0.25, -0.2) is 0 Å². The van der Waals surface area contributed by atoms with E-state index in [1.165, 1.54) is 18.4 Å². The number of methoxy groups -OCH3 is 1. The molecule has 1 aromatic carbocycles. The molecule has 1 saturated heterocycles. The molecule has 3 unspecified atom stereocenters. The van der Waals surface area contributed by atoms with Crippen molar-refractivity contribution >= 4 is 0 Å². The van der Waals surface area contributed by atoms with Gasteiger partial charge in [0.15, 0.2) is 0 Å². The van der Waals surface area contributed by atoms with E-state index in [-0.39, 0.29) is 0 Å². The highest BCUT2D eigenvalue weighted by molar-refractivity contribution is 5.28. The van der Waals surface area contributed by atoms with Crippen molar-refractivity contribution in [3.05, 3.63) is 29.8 Å². The molecule has 1 aromatic rings. The van der Waals surface area contributed by atoms with E-state index in [1.54, 1.807) is 7.11 Å². The molecule has 2 aliphatic rings. The normalized spacial score (nSPS) is 28.3. The van der Waals surface area contributed by atoms with E-state index in [0.717, 1.165) is 24.7 Å². The minimum Gasteiger partial charge on any atom is -0.497 e. The highest BCUT2D eigenvalue weighted by Gasteiger charge is 2.40. The van der Waals surface area contributed by atoms with Crippen LogP contribution in [-0.2, 0) is 4.74 Å². The molecular weight excluding hydrogens is 238 g/mol. The zero-order valence-corrected chi connectivity index (χ0v) is 11.8. The average Bonchev–Trinajstić information content (AvgIpc) is 3.19. The van der Waals surface area contributed by atoms with Crippen molar-refractivity contribution in [2.75, 3.05) is 13.7 Å². The molecule has 0 spiro atoms. The summed E-state index contributed by atoms with van der Waals surface area (Å²) in [5.74, 6) is 1.72. The van der Waals surface area contributed by atoms with Gasteiger partial charge >= 0.3 is 0 Å². The average molecular weight is 261 g/mol. The van der Waals surface area contributed by atoms with Gasteiger partial charge in [-0.05, 0) is 49.8 Å². The summed E-state index contributed by atoms with van der Waals surface area (Å²) in [5, 5.41) is 3.74. The predicted molar refractivity (Wildman–Crippen MR) is 75.4 cm³/mol. The Morgan fingerprint density at radius 2 is 1.95 bits per heavy atom. The summed E-state index contributed by atoms with van der Waals surface area (Å²) < 4.78 is 11.1. The molecule has 3 rings (SSSR count). The Labute approximate surface area is 115 Å². The zero-order valence-electron chi connectivity index (χ0n) is 11.8. The quantitative estimate of drug-likeness (QED) is 0.884. The van der Waals surface area contributed by atoms with Crippen LogP contribution in [0.15, 0.2) is 24.3 Å². The largest absolute Gasteiger partial charge is 0.497 e. The van der Waals surface area contributed by atoms with Gasteiger partial charge in [0.1, 0.15) is 5.75 Å². The molecule has 3 atom stereocenters. The van der Waals surface area contributed by atoms with Crippen LogP contribution in [0.4, 0.5) is 0 Å². The minimum atomic E-state index is 0.360. The molecule has 1 aliphatic carbocycles. The van der Waals surface area contributed by atoms with Gasteiger partial charge < -0.3 is 14.8 Å². The molecule has 1 aliphatic heterocycles. The maximum Gasteiger partial charge on any atom is 0.118 e. The molecule has 0 radical (unpaired) electrons. The lowest BCUT2D eigenvalue weighted by Crippen LogP contribution is -2.39. The molecule has 2 fully saturated rings. The minimum absolute atomic E-state index is 0.360. The molecule has 3 heteroatoms. The number of hydrogen-bond donors (Lipinski definition) is 1. The molecule has 0 bridgehead atoms. The Morgan fingerprint density at radius 3 is 2.58 bits per heavy atom. The highest BCUT2D eigenvalue weighted by Crippen LogP contribution is 2.39. The molecule has 0 aromatic heterocycles. The third-order valence-corrected chi connectivity index (χ3v) is 4.30. The van der Waals surface area contributed by atoms with E-state index in [9.17, 15) is 0 Å². The Morgan fingerprint density at radius 1 is 1.21 bits per heavy atom. The fourth-order valence-corrected chi connectivity index (χ4v) is 2.99. The maximum atomic E-state index is 5.88. The lowest BCUT2D eigenvalue weighted by atomic mass is 10.0. The molecule has 1 heterocycles. The first-order valence-electron chi connectivity index (χ1n) is 7.29. The molecule has 1 N–H and O–H groups in total. The Bertz CT molecular complexity index is 413. The van der Waals surface area contributed by atoms with Crippen LogP contribution in [0.3, 0.4) is 0 Å². The van der Waals surface area contributed by atoms with Crippen LogP contribution in [0.25, 0.3) is 0 Å². The summed E-state index contributed by atoms with van der Waals surface area (Å²) >= 11 is 0. The van der Waals surface area contributed by atoms with Crippen LogP contribution in [0, 0.1) is 5.92 Å². The van der Waals surface area contributed by atoms with Crippen molar-refractivity contribution in [3.63, 3.8) is 0 Å². The van der Waals surface area contributed by atoms with Gasteiger partial charge in [0, 0.05) is 18.7 Å². The van der Waals surface area contributed by atoms with Crippen molar-refractivity contribution in [2.24, 2.45) is 5.92 Å². The lowest BCUT2D eigenvalue weighted by molar-refractivity contribution is 0.0793. The monoisotopic (exact) mass is 261 g/mol. The van der Waals surface area contributed by atoms with Gasteiger partial charge in [-0.3, -0.25) is 0 Å². The second kappa shape index (κ2) is 5.51. The molecule has 1 saturated carbocycles. The first-order chi connectivity index (χ1) is 9.28. The van der Waals surface area contributed by atoms with E-state index in [1.807, 2.05) is 12.1 Å². The van der Waals surface area contributed by atoms with Gasteiger partial charge in [-0.15, -0.1) is 0 Å². The van der Waals surface area contributed by atoms with Crippen LogP contribution >= 0.6 is 0 Å². The third-order valence-electron chi connectivity index (χ3n) is 4.30. The standard InChI is InChI=1S/C16H23NO2/c1-11(12-5-7-14(18-2)8-6-12)17-15-9-10-19-16(15)13-3-4-13/h5-8,11,13,15-17H,3-4,9-10H2,1-2H3. The van der Waals surface area contributed by atoms with Crippen LogP contribution in [0.5, 0.6) is 5.75 Å². The molecule has 3 nitrogen and oxygen atoms in total. The maximum absolute atomic E-state index is 5.88. The van der Waals surface area contributed by atoms with Crippen molar-refractivity contribution < 1.29 is 9.47 Å². The summed E-state index contributed by atoms with van der Waals surface area (Å²) in [5.41, 5.74) is 1.31.